The number of hydrogen-bond donors (Lipinski definition) is 0. The minimum Gasteiger partial charge on any atom is -0.339 e. The molecule has 2 rings (SSSR count). The molecule has 0 spiro atoms. The molecule has 0 N–H and O–H groups in total. The van der Waals surface area contributed by atoms with E-state index in [0.29, 0.717) is 6.42 Å². The minimum atomic E-state index is 0.163. The molecule has 0 fully saturated rings. The molecule has 0 radical (unpaired) electrons. The van der Waals surface area contributed by atoms with Crippen LogP contribution >= 0.6 is 11.3 Å². The normalized spacial score (nSPS) is 13.7. The third-order valence-electron chi connectivity index (χ3n) is 3.07. The second-order valence-corrected chi connectivity index (χ2v) is 5.60. The number of amides is 1. The lowest BCUT2D eigenvalue weighted by molar-refractivity contribution is -0.127. The van der Waals surface area contributed by atoms with Gasteiger partial charge in [-0.25, -0.2) is 0 Å². The Morgan fingerprint density at radius 3 is 2.79 bits per heavy atom. The molecule has 2 heterocycles. The topological polar surface area (TPSA) is 32.7 Å². The Balaban J connectivity index is 2.21. The smallest absolute Gasteiger partial charge is 0.250 e. The number of nitrogens with zero attached hydrogens (tertiary/aromatic N) is 2. The first kappa shape index (κ1) is 14.0. The third kappa shape index (κ3) is 3.32. The van der Waals surface area contributed by atoms with Crippen LogP contribution in [0.4, 0.5) is 5.69 Å². The van der Waals surface area contributed by atoms with Gasteiger partial charge in [-0.05, 0) is 30.4 Å². The second-order valence-electron chi connectivity index (χ2n) is 4.65. The standard InChI is InChI=1S/C15H20N2OS/c1-3-8-17(9-4-2)15(18)12-5-7-16-13-6-10-19-14(13)11-12/h6-7,10-11H,3-5,8-9H2,1-2H3. The number of carbonyl (C=O) groups is 1. The van der Waals surface area contributed by atoms with Crippen LogP contribution in [0.2, 0.25) is 0 Å². The van der Waals surface area contributed by atoms with E-state index in [2.05, 4.69) is 18.8 Å². The van der Waals surface area contributed by atoms with Crippen molar-refractivity contribution in [1.82, 2.24) is 4.90 Å². The van der Waals surface area contributed by atoms with Gasteiger partial charge in [-0.15, -0.1) is 11.3 Å². The molecule has 4 heteroatoms. The summed E-state index contributed by atoms with van der Waals surface area (Å²) in [5.41, 5.74) is 1.83. The Kier molecular flexibility index (Phi) is 4.91. The zero-order valence-electron chi connectivity index (χ0n) is 11.6. The molecule has 1 aliphatic heterocycles. The van der Waals surface area contributed by atoms with Crippen molar-refractivity contribution in [2.75, 3.05) is 13.1 Å². The lowest BCUT2D eigenvalue weighted by Gasteiger charge is -2.22. The molecule has 0 aromatic carbocycles. The van der Waals surface area contributed by atoms with E-state index in [9.17, 15) is 4.79 Å². The number of aliphatic imine (C=N–C) groups is 1. The molecule has 1 aromatic rings. The van der Waals surface area contributed by atoms with E-state index in [1.165, 1.54) is 0 Å². The van der Waals surface area contributed by atoms with Crippen molar-refractivity contribution in [2.45, 2.75) is 33.1 Å². The molecule has 0 unspecified atom stereocenters. The van der Waals surface area contributed by atoms with Crippen molar-refractivity contribution in [2.24, 2.45) is 4.99 Å². The largest absolute Gasteiger partial charge is 0.339 e. The van der Waals surface area contributed by atoms with Crippen molar-refractivity contribution in [3.63, 3.8) is 0 Å². The van der Waals surface area contributed by atoms with Crippen LogP contribution in [-0.2, 0) is 4.79 Å². The fraction of sp³-hybridized carbons (Fsp3) is 0.467. The average molecular weight is 276 g/mol. The van der Waals surface area contributed by atoms with Crippen LogP contribution in [-0.4, -0.2) is 30.1 Å². The van der Waals surface area contributed by atoms with Crippen molar-refractivity contribution in [3.8, 4) is 0 Å². The molecule has 3 nitrogen and oxygen atoms in total. The lowest BCUT2D eigenvalue weighted by atomic mass is 10.1. The zero-order chi connectivity index (χ0) is 13.7. The fourth-order valence-corrected chi connectivity index (χ4v) is 2.99. The maximum atomic E-state index is 12.6. The van der Waals surface area contributed by atoms with E-state index in [1.807, 2.05) is 28.6 Å². The van der Waals surface area contributed by atoms with Crippen molar-refractivity contribution >= 4 is 35.2 Å². The van der Waals surface area contributed by atoms with E-state index in [4.69, 9.17) is 0 Å². The van der Waals surface area contributed by atoms with Gasteiger partial charge in [0.05, 0.1) is 10.6 Å². The Labute approximate surface area is 118 Å². The van der Waals surface area contributed by atoms with Gasteiger partial charge in [-0.2, -0.15) is 0 Å². The van der Waals surface area contributed by atoms with Gasteiger partial charge in [0.15, 0.2) is 0 Å². The van der Waals surface area contributed by atoms with Gasteiger partial charge in [0, 0.05) is 31.3 Å². The van der Waals surface area contributed by atoms with Crippen LogP contribution < -0.4 is 0 Å². The monoisotopic (exact) mass is 276 g/mol. The van der Waals surface area contributed by atoms with E-state index >= 15 is 0 Å². The van der Waals surface area contributed by atoms with Crippen molar-refractivity contribution in [1.29, 1.82) is 0 Å². The maximum Gasteiger partial charge on any atom is 0.250 e. The predicted octanol–water partition coefficient (Wildman–Crippen LogP) is 3.89. The highest BCUT2D eigenvalue weighted by atomic mass is 32.1. The first-order chi connectivity index (χ1) is 9.26. The number of rotatable bonds is 5. The molecular weight excluding hydrogens is 256 g/mol. The van der Waals surface area contributed by atoms with Gasteiger partial charge < -0.3 is 4.90 Å². The molecular formula is C15H20N2OS. The summed E-state index contributed by atoms with van der Waals surface area (Å²) in [6.07, 6.45) is 6.48. The highest BCUT2D eigenvalue weighted by Crippen LogP contribution is 2.30. The summed E-state index contributed by atoms with van der Waals surface area (Å²) in [4.78, 5) is 20.0. The highest BCUT2D eigenvalue weighted by molar-refractivity contribution is 7.11. The van der Waals surface area contributed by atoms with Crippen LogP contribution in [0.25, 0.3) is 6.08 Å². The zero-order valence-corrected chi connectivity index (χ0v) is 12.4. The Morgan fingerprint density at radius 1 is 1.37 bits per heavy atom. The highest BCUT2D eigenvalue weighted by Gasteiger charge is 2.18. The molecule has 1 aliphatic rings. The SMILES string of the molecule is CCCN(CCC)C(=O)C1=Cc2sccc2N=CC1. The Hall–Kier alpha value is -1.42. The third-order valence-corrected chi connectivity index (χ3v) is 3.92. The summed E-state index contributed by atoms with van der Waals surface area (Å²) in [5, 5.41) is 2.02. The number of fused-ring (bicyclic) bond motifs is 1. The van der Waals surface area contributed by atoms with Crippen LogP contribution in [0.15, 0.2) is 22.0 Å². The van der Waals surface area contributed by atoms with Gasteiger partial charge in [0.2, 0.25) is 5.91 Å². The van der Waals surface area contributed by atoms with Gasteiger partial charge in [-0.3, -0.25) is 9.79 Å². The molecule has 0 bridgehead atoms. The van der Waals surface area contributed by atoms with Crippen LogP contribution in [0.5, 0.6) is 0 Å². The van der Waals surface area contributed by atoms with Crippen LogP contribution in [0.3, 0.4) is 0 Å². The van der Waals surface area contributed by atoms with E-state index in [0.717, 1.165) is 42.1 Å². The first-order valence-corrected chi connectivity index (χ1v) is 7.74. The number of hydrogen-bond acceptors (Lipinski definition) is 3. The van der Waals surface area contributed by atoms with E-state index < -0.39 is 0 Å². The molecule has 0 atom stereocenters. The lowest BCUT2D eigenvalue weighted by Crippen LogP contribution is -2.33. The van der Waals surface area contributed by atoms with Crippen molar-refractivity contribution < 1.29 is 4.79 Å². The van der Waals surface area contributed by atoms with Gasteiger partial charge >= 0.3 is 0 Å². The molecule has 1 aromatic heterocycles. The van der Waals surface area contributed by atoms with E-state index in [-0.39, 0.29) is 5.91 Å². The number of carbonyl (C=O) groups excluding carboxylic acids is 1. The Morgan fingerprint density at radius 2 is 2.11 bits per heavy atom. The molecule has 102 valence electrons. The van der Waals surface area contributed by atoms with Gasteiger partial charge in [-0.1, -0.05) is 13.8 Å². The molecule has 0 saturated heterocycles. The van der Waals surface area contributed by atoms with E-state index in [1.54, 1.807) is 11.3 Å². The summed E-state index contributed by atoms with van der Waals surface area (Å²) >= 11 is 1.64. The maximum absolute atomic E-state index is 12.6. The predicted molar refractivity (Wildman–Crippen MR) is 82.2 cm³/mol. The fourth-order valence-electron chi connectivity index (χ4n) is 2.20. The van der Waals surface area contributed by atoms with Gasteiger partial charge in [0.25, 0.3) is 0 Å². The molecule has 0 saturated carbocycles. The van der Waals surface area contributed by atoms with Crippen molar-refractivity contribution in [3.05, 3.63) is 21.9 Å². The summed E-state index contributed by atoms with van der Waals surface area (Å²) in [6.45, 7) is 5.88. The molecule has 1 amide bonds. The summed E-state index contributed by atoms with van der Waals surface area (Å²) in [7, 11) is 0. The molecule has 19 heavy (non-hydrogen) atoms. The summed E-state index contributed by atoms with van der Waals surface area (Å²) < 4.78 is 0. The average Bonchev–Trinajstić information content (AvgIpc) is 2.75. The van der Waals surface area contributed by atoms with Crippen LogP contribution in [0, 0.1) is 0 Å². The minimum absolute atomic E-state index is 0.163. The number of thiophene rings is 1. The van der Waals surface area contributed by atoms with Gasteiger partial charge in [0.1, 0.15) is 0 Å². The summed E-state index contributed by atoms with van der Waals surface area (Å²) in [5.74, 6) is 0.163. The summed E-state index contributed by atoms with van der Waals surface area (Å²) in [6, 6.07) is 2.00. The van der Waals surface area contributed by atoms with Crippen LogP contribution in [0.1, 0.15) is 38.0 Å². The Bertz CT molecular complexity index is 496. The quantitative estimate of drug-likeness (QED) is 0.803. The first-order valence-electron chi connectivity index (χ1n) is 6.86. The molecule has 0 aliphatic carbocycles. The second kappa shape index (κ2) is 6.66.